The summed E-state index contributed by atoms with van der Waals surface area (Å²) in [5.74, 6) is 0. The van der Waals surface area contributed by atoms with Crippen molar-refractivity contribution in [1.29, 1.82) is 0 Å². The number of hydrogen-bond donors (Lipinski definition) is 1. The van der Waals surface area contributed by atoms with Crippen LogP contribution in [0.15, 0.2) is 24.3 Å². The Morgan fingerprint density at radius 2 is 1.94 bits per heavy atom. The van der Waals surface area contributed by atoms with E-state index in [1.807, 2.05) is 0 Å². The second kappa shape index (κ2) is 6.79. The quantitative estimate of drug-likeness (QED) is 0.883. The molecule has 0 spiro atoms. The molecule has 2 nitrogen and oxygen atoms in total. The molecule has 2 heteroatoms. The second-order valence-corrected chi connectivity index (χ2v) is 5.31. The third kappa shape index (κ3) is 3.26. The molecule has 0 aliphatic carbocycles. The molecule has 0 aromatic heterocycles. The number of nitrogens with two attached hydrogens (primary N) is 1. The lowest BCUT2D eigenvalue weighted by Crippen LogP contribution is -2.34. The summed E-state index contributed by atoms with van der Waals surface area (Å²) < 4.78 is 0. The van der Waals surface area contributed by atoms with E-state index in [-0.39, 0.29) is 0 Å². The molecule has 0 amide bonds. The Hall–Kier alpha value is -1.02. The Morgan fingerprint density at radius 3 is 2.61 bits per heavy atom. The van der Waals surface area contributed by atoms with Gasteiger partial charge in [0.05, 0.1) is 0 Å². The SMILES string of the molecule is CCC1CCCCCN1c1ccc(CCN)cc1. The third-order valence-corrected chi connectivity index (χ3v) is 4.05. The van der Waals surface area contributed by atoms with Gasteiger partial charge in [0.15, 0.2) is 0 Å². The fraction of sp³-hybridized carbons (Fsp3) is 0.625. The highest BCUT2D eigenvalue weighted by atomic mass is 15.2. The van der Waals surface area contributed by atoms with Crippen molar-refractivity contribution >= 4 is 5.69 Å². The van der Waals surface area contributed by atoms with Crippen molar-refractivity contribution in [2.24, 2.45) is 5.73 Å². The molecule has 1 aliphatic rings. The first-order valence-corrected chi connectivity index (χ1v) is 7.40. The highest BCUT2D eigenvalue weighted by molar-refractivity contribution is 5.48. The number of benzene rings is 1. The van der Waals surface area contributed by atoms with Gasteiger partial charge < -0.3 is 10.6 Å². The lowest BCUT2D eigenvalue weighted by molar-refractivity contribution is 0.556. The monoisotopic (exact) mass is 246 g/mol. The Balaban J connectivity index is 2.11. The lowest BCUT2D eigenvalue weighted by atomic mass is 10.1. The number of anilines is 1. The van der Waals surface area contributed by atoms with Gasteiger partial charge in [0.2, 0.25) is 0 Å². The summed E-state index contributed by atoms with van der Waals surface area (Å²) in [6.45, 7) is 4.27. The average Bonchev–Trinajstić information content (AvgIpc) is 2.65. The molecule has 100 valence electrons. The highest BCUT2D eigenvalue weighted by Gasteiger charge is 2.19. The van der Waals surface area contributed by atoms with Crippen LogP contribution in [-0.4, -0.2) is 19.1 Å². The maximum Gasteiger partial charge on any atom is 0.0368 e. The summed E-state index contributed by atoms with van der Waals surface area (Å²) in [6, 6.07) is 9.75. The van der Waals surface area contributed by atoms with Gasteiger partial charge in [-0.2, -0.15) is 0 Å². The molecule has 1 aromatic rings. The first-order chi connectivity index (χ1) is 8.85. The largest absolute Gasteiger partial charge is 0.369 e. The molecule has 1 aliphatic heterocycles. The Bertz CT molecular complexity index is 345. The highest BCUT2D eigenvalue weighted by Crippen LogP contribution is 2.26. The van der Waals surface area contributed by atoms with E-state index in [0.29, 0.717) is 0 Å². The molecular formula is C16H26N2. The van der Waals surface area contributed by atoms with E-state index < -0.39 is 0 Å². The fourth-order valence-corrected chi connectivity index (χ4v) is 2.96. The van der Waals surface area contributed by atoms with Gasteiger partial charge in [-0.3, -0.25) is 0 Å². The first-order valence-electron chi connectivity index (χ1n) is 7.40. The summed E-state index contributed by atoms with van der Waals surface area (Å²) >= 11 is 0. The van der Waals surface area contributed by atoms with Gasteiger partial charge in [-0.05, 0) is 49.9 Å². The molecule has 1 fully saturated rings. The van der Waals surface area contributed by atoms with Gasteiger partial charge in [0.1, 0.15) is 0 Å². The van der Waals surface area contributed by atoms with Crippen molar-refractivity contribution in [3.05, 3.63) is 29.8 Å². The van der Waals surface area contributed by atoms with Gasteiger partial charge in [-0.1, -0.05) is 31.9 Å². The molecule has 1 aromatic carbocycles. The average molecular weight is 246 g/mol. The topological polar surface area (TPSA) is 29.3 Å². The standard InChI is InChI=1S/C16H26N2/c1-2-15-6-4-3-5-13-18(15)16-9-7-14(8-10-16)11-12-17/h7-10,15H,2-6,11-13,17H2,1H3. The minimum absolute atomic E-state index is 0.729. The molecule has 0 saturated carbocycles. The molecular weight excluding hydrogens is 220 g/mol. The van der Waals surface area contributed by atoms with Crippen LogP contribution < -0.4 is 10.6 Å². The van der Waals surface area contributed by atoms with E-state index in [4.69, 9.17) is 5.73 Å². The van der Waals surface area contributed by atoms with Gasteiger partial charge in [0, 0.05) is 18.3 Å². The minimum atomic E-state index is 0.729. The lowest BCUT2D eigenvalue weighted by Gasteiger charge is -2.31. The van der Waals surface area contributed by atoms with Crippen LogP contribution in [0, 0.1) is 0 Å². The van der Waals surface area contributed by atoms with Crippen LogP contribution in [0.2, 0.25) is 0 Å². The minimum Gasteiger partial charge on any atom is -0.369 e. The third-order valence-electron chi connectivity index (χ3n) is 4.05. The van der Waals surface area contributed by atoms with E-state index in [0.717, 1.165) is 19.0 Å². The Kier molecular flexibility index (Phi) is 5.06. The fourth-order valence-electron chi connectivity index (χ4n) is 2.96. The zero-order valence-corrected chi connectivity index (χ0v) is 11.6. The summed E-state index contributed by atoms with van der Waals surface area (Å²) in [5, 5.41) is 0. The van der Waals surface area contributed by atoms with Crippen LogP contribution in [0.4, 0.5) is 5.69 Å². The number of rotatable bonds is 4. The van der Waals surface area contributed by atoms with E-state index in [1.165, 1.54) is 49.9 Å². The number of nitrogens with zero attached hydrogens (tertiary/aromatic N) is 1. The van der Waals surface area contributed by atoms with Crippen LogP contribution in [0.3, 0.4) is 0 Å². The van der Waals surface area contributed by atoms with Crippen molar-refractivity contribution in [2.45, 2.75) is 51.5 Å². The summed E-state index contributed by atoms with van der Waals surface area (Å²) in [7, 11) is 0. The molecule has 1 heterocycles. The maximum atomic E-state index is 5.60. The summed E-state index contributed by atoms with van der Waals surface area (Å²) in [4.78, 5) is 2.61. The van der Waals surface area contributed by atoms with Crippen molar-refractivity contribution in [3.63, 3.8) is 0 Å². The molecule has 18 heavy (non-hydrogen) atoms. The van der Waals surface area contributed by atoms with Gasteiger partial charge in [0.25, 0.3) is 0 Å². The van der Waals surface area contributed by atoms with Crippen LogP contribution in [0.1, 0.15) is 44.6 Å². The van der Waals surface area contributed by atoms with Gasteiger partial charge in [-0.15, -0.1) is 0 Å². The Labute approximate surface area is 111 Å². The first kappa shape index (κ1) is 13.4. The molecule has 0 radical (unpaired) electrons. The van der Waals surface area contributed by atoms with Crippen molar-refractivity contribution < 1.29 is 0 Å². The van der Waals surface area contributed by atoms with Crippen LogP contribution in [-0.2, 0) is 6.42 Å². The zero-order chi connectivity index (χ0) is 12.8. The molecule has 1 saturated heterocycles. The van der Waals surface area contributed by atoms with Crippen LogP contribution in [0.25, 0.3) is 0 Å². The maximum absolute atomic E-state index is 5.60. The van der Waals surface area contributed by atoms with Gasteiger partial charge in [-0.25, -0.2) is 0 Å². The smallest absolute Gasteiger partial charge is 0.0368 e. The second-order valence-electron chi connectivity index (χ2n) is 5.31. The molecule has 0 bridgehead atoms. The molecule has 1 atom stereocenters. The summed E-state index contributed by atoms with van der Waals surface area (Å²) in [6.07, 6.45) is 7.70. The van der Waals surface area contributed by atoms with Crippen molar-refractivity contribution in [1.82, 2.24) is 0 Å². The number of hydrogen-bond acceptors (Lipinski definition) is 2. The van der Waals surface area contributed by atoms with E-state index in [1.54, 1.807) is 0 Å². The van der Waals surface area contributed by atoms with Crippen LogP contribution >= 0.6 is 0 Å². The molecule has 2 rings (SSSR count). The van der Waals surface area contributed by atoms with Gasteiger partial charge >= 0.3 is 0 Å². The predicted molar refractivity (Wildman–Crippen MR) is 79.1 cm³/mol. The van der Waals surface area contributed by atoms with E-state index in [9.17, 15) is 0 Å². The Morgan fingerprint density at radius 1 is 1.17 bits per heavy atom. The van der Waals surface area contributed by atoms with Crippen LogP contribution in [0.5, 0.6) is 0 Å². The normalized spacial score (nSPS) is 20.8. The molecule has 1 unspecified atom stereocenters. The van der Waals surface area contributed by atoms with E-state index in [2.05, 4.69) is 36.1 Å². The summed E-state index contributed by atoms with van der Waals surface area (Å²) in [5.41, 5.74) is 8.34. The predicted octanol–water partition coefficient (Wildman–Crippen LogP) is 3.35. The van der Waals surface area contributed by atoms with E-state index >= 15 is 0 Å². The molecule has 2 N–H and O–H groups in total. The van der Waals surface area contributed by atoms with Crippen molar-refractivity contribution in [3.8, 4) is 0 Å². The van der Waals surface area contributed by atoms with Crippen molar-refractivity contribution in [2.75, 3.05) is 18.0 Å². The zero-order valence-electron chi connectivity index (χ0n) is 11.6.